The van der Waals surface area contributed by atoms with Gasteiger partial charge in [0.15, 0.2) is 0 Å². The Morgan fingerprint density at radius 1 is 1.18 bits per heavy atom. The zero-order chi connectivity index (χ0) is 12.1. The van der Waals surface area contributed by atoms with Gasteiger partial charge in [0.05, 0.1) is 5.69 Å². The van der Waals surface area contributed by atoms with Gasteiger partial charge in [-0.15, -0.1) is 11.8 Å². The van der Waals surface area contributed by atoms with Gasteiger partial charge in [-0.2, -0.15) is 0 Å². The van der Waals surface area contributed by atoms with Crippen molar-refractivity contribution in [2.24, 2.45) is 5.73 Å². The second kappa shape index (κ2) is 5.80. The summed E-state index contributed by atoms with van der Waals surface area (Å²) in [6.45, 7) is 0.453. The van der Waals surface area contributed by atoms with Crippen molar-refractivity contribution in [1.29, 1.82) is 0 Å². The molecule has 0 aliphatic heterocycles. The first-order chi connectivity index (χ1) is 8.28. The molecule has 0 atom stereocenters. The summed E-state index contributed by atoms with van der Waals surface area (Å²) in [4.78, 5) is 5.19. The smallest absolute Gasteiger partial charge is 0.123 e. The van der Waals surface area contributed by atoms with Gasteiger partial charge in [0, 0.05) is 23.4 Å². The molecule has 0 aliphatic carbocycles. The molecule has 1 heterocycles. The van der Waals surface area contributed by atoms with E-state index in [1.165, 1.54) is 17.7 Å². The van der Waals surface area contributed by atoms with Crippen molar-refractivity contribution in [1.82, 2.24) is 4.98 Å². The summed E-state index contributed by atoms with van der Waals surface area (Å²) in [5.41, 5.74) is 7.60. The number of hydrogen-bond donors (Lipinski definition) is 1. The number of pyridine rings is 1. The van der Waals surface area contributed by atoms with Crippen molar-refractivity contribution in [3.05, 3.63) is 59.7 Å². The minimum absolute atomic E-state index is 0.205. The average Bonchev–Trinajstić information content (AvgIpc) is 2.38. The topological polar surface area (TPSA) is 38.9 Å². The molecule has 0 aliphatic rings. The monoisotopic (exact) mass is 248 g/mol. The quantitative estimate of drug-likeness (QED) is 0.845. The lowest BCUT2D eigenvalue weighted by Crippen LogP contribution is -1.99. The van der Waals surface area contributed by atoms with Crippen LogP contribution in [-0.4, -0.2) is 4.98 Å². The van der Waals surface area contributed by atoms with Crippen LogP contribution in [0.15, 0.2) is 47.5 Å². The fraction of sp³-hybridized carbons (Fsp3) is 0.154. The molecule has 2 aromatic rings. The van der Waals surface area contributed by atoms with Crippen LogP contribution in [0.3, 0.4) is 0 Å². The first-order valence-corrected chi connectivity index (χ1v) is 6.29. The van der Waals surface area contributed by atoms with Gasteiger partial charge in [-0.25, -0.2) is 4.39 Å². The van der Waals surface area contributed by atoms with Crippen molar-refractivity contribution in [2.75, 3.05) is 0 Å². The number of rotatable bonds is 4. The molecule has 1 aromatic heterocycles. The average molecular weight is 248 g/mol. The maximum Gasteiger partial charge on any atom is 0.123 e. The Kier molecular flexibility index (Phi) is 4.12. The molecule has 4 heteroatoms. The molecule has 0 saturated carbocycles. The van der Waals surface area contributed by atoms with Crippen molar-refractivity contribution in [3.8, 4) is 0 Å². The van der Waals surface area contributed by atoms with E-state index < -0.39 is 0 Å². The van der Waals surface area contributed by atoms with Gasteiger partial charge in [-0.1, -0.05) is 0 Å². The van der Waals surface area contributed by atoms with Crippen LogP contribution >= 0.6 is 11.8 Å². The highest BCUT2D eigenvalue weighted by Crippen LogP contribution is 2.22. The van der Waals surface area contributed by atoms with E-state index in [4.69, 9.17) is 5.73 Å². The Hall–Kier alpha value is -1.39. The molecule has 0 radical (unpaired) electrons. The number of hydrogen-bond acceptors (Lipinski definition) is 3. The Labute approximate surface area is 104 Å². The summed E-state index contributed by atoms with van der Waals surface area (Å²) in [5.74, 6) is 0.630. The first kappa shape index (κ1) is 12.1. The van der Waals surface area contributed by atoms with Crippen LogP contribution < -0.4 is 5.73 Å². The van der Waals surface area contributed by atoms with Crippen LogP contribution in [0, 0.1) is 5.82 Å². The molecular weight excluding hydrogens is 235 g/mol. The summed E-state index contributed by atoms with van der Waals surface area (Å²) in [6, 6.07) is 10.5. The fourth-order valence-corrected chi connectivity index (χ4v) is 2.27. The number of thioether (sulfide) groups is 1. The standard InChI is InChI=1S/C13H13FN2S/c14-11-1-3-13(4-2-11)17-9-10-5-6-16-12(7-10)8-15/h1-7H,8-9,15H2. The van der Waals surface area contributed by atoms with E-state index in [1.807, 2.05) is 12.1 Å². The SMILES string of the molecule is NCc1cc(CSc2ccc(F)cc2)ccn1. The zero-order valence-electron chi connectivity index (χ0n) is 9.27. The van der Waals surface area contributed by atoms with E-state index in [2.05, 4.69) is 4.98 Å². The summed E-state index contributed by atoms with van der Waals surface area (Å²) in [5, 5.41) is 0. The van der Waals surface area contributed by atoms with Gasteiger partial charge in [-0.3, -0.25) is 4.98 Å². The molecule has 88 valence electrons. The van der Waals surface area contributed by atoms with Gasteiger partial charge < -0.3 is 5.73 Å². The highest BCUT2D eigenvalue weighted by atomic mass is 32.2. The molecule has 0 unspecified atom stereocenters. The molecule has 0 spiro atoms. The van der Waals surface area contributed by atoms with Gasteiger partial charge in [0.25, 0.3) is 0 Å². The Morgan fingerprint density at radius 3 is 2.65 bits per heavy atom. The lowest BCUT2D eigenvalue weighted by Gasteiger charge is -2.03. The van der Waals surface area contributed by atoms with Crippen LogP contribution in [0.1, 0.15) is 11.3 Å². The predicted octanol–water partition coefficient (Wildman–Crippen LogP) is 2.97. The van der Waals surface area contributed by atoms with Crippen molar-refractivity contribution >= 4 is 11.8 Å². The Morgan fingerprint density at radius 2 is 1.94 bits per heavy atom. The highest BCUT2D eigenvalue weighted by molar-refractivity contribution is 7.98. The van der Waals surface area contributed by atoms with Gasteiger partial charge >= 0.3 is 0 Å². The fourth-order valence-electron chi connectivity index (χ4n) is 1.43. The first-order valence-electron chi connectivity index (χ1n) is 5.30. The summed E-state index contributed by atoms with van der Waals surface area (Å²) in [6.07, 6.45) is 1.77. The maximum atomic E-state index is 12.7. The van der Waals surface area contributed by atoms with Gasteiger partial charge in [-0.05, 0) is 42.0 Å². The summed E-state index contributed by atoms with van der Waals surface area (Å²) >= 11 is 1.67. The summed E-state index contributed by atoms with van der Waals surface area (Å²) < 4.78 is 12.7. The second-order valence-electron chi connectivity index (χ2n) is 3.60. The molecule has 0 saturated heterocycles. The second-order valence-corrected chi connectivity index (χ2v) is 4.65. The number of nitrogens with two attached hydrogens (primary N) is 1. The predicted molar refractivity (Wildman–Crippen MR) is 68.1 cm³/mol. The van der Waals surface area contributed by atoms with Gasteiger partial charge in [0.2, 0.25) is 0 Å². The molecule has 0 fully saturated rings. The third-order valence-corrected chi connectivity index (χ3v) is 3.39. The van der Waals surface area contributed by atoms with Gasteiger partial charge in [0.1, 0.15) is 5.82 Å². The third kappa shape index (κ3) is 3.54. The molecular formula is C13H13FN2S. The van der Waals surface area contributed by atoms with Crippen molar-refractivity contribution < 1.29 is 4.39 Å². The lowest BCUT2D eigenvalue weighted by atomic mass is 10.2. The van der Waals surface area contributed by atoms with Crippen LogP contribution in [0.2, 0.25) is 0 Å². The Balaban J connectivity index is 1.99. The molecule has 0 amide bonds. The molecule has 2 rings (SSSR count). The van der Waals surface area contributed by atoms with E-state index in [-0.39, 0.29) is 5.82 Å². The van der Waals surface area contributed by atoms with Crippen LogP contribution in [0.5, 0.6) is 0 Å². The van der Waals surface area contributed by atoms with Crippen molar-refractivity contribution in [3.63, 3.8) is 0 Å². The molecule has 2 N–H and O–H groups in total. The number of aromatic nitrogens is 1. The highest BCUT2D eigenvalue weighted by Gasteiger charge is 1.99. The largest absolute Gasteiger partial charge is 0.325 e. The van der Waals surface area contributed by atoms with Crippen LogP contribution in [-0.2, 0) is 12.3 Å². The Bertz CT molecular complexity index is 485. The summed E-state index contributed by atoms with van der Waals surface area (Å²) in [7, 11) is 0. The van der Waals surface area contributed by atoms with E-state index >= 15 is 0 Å². The van der Waals surface area contributed by atoms with Crippen LogP contribution in [0.25, 0.3) is 0 Å². The van der Waals surface area contributed by atoms with E-state index in [0.29, 0.717) is 6.54 Å². The lowest BCUT2D eigenvalue weighted by molar-refractivity contribution is 0.626. The van der Waals surface area contributed by atoms with E-state index in [1.54, 1.807) is 30.1 Å². The number of nitrogens with zero attached hydrogens (tertiary/aromatic N) is 1. The minimum Gasteiger partial charge on any atom is -0.325 e. The molecule has 1 aromatic carbocycles. The number of halogens is 1. The van der Waals surface area contributed by atoms with E-state index in [9.17, 15) is 4.39 Å². The van der Waals surface area contributed by atoms with Crippen molar-refractivity contribution in [2.45, 2.75) is 17.2 Å². The molecule has 17 heavy (non-hydrogen) atoms. The maximum absolute atomic E-state index is 12.7. The van der Waals surface area contributed by atoms with Crippen LogP contribution in [0.4, 0.5) is 4.39 Å². The third-order valence-electron chi connectivity index (χ3n) is 2.31. The molecule has 0 bridgehead atoms. The number of benzene rings is 1. The molecule has 2 nitrogen and oxygen atoms in total. The zero-order valence-corrected chi connectivity index (χ0v) is 10.1. The minimum atomic E-state index is -0.205. The normalized spacial score (nSPS) is 10.5. The van der Waals surface area contributed by atoms with E-state index in [0.717, 1.165) is 16.3 Å².